The third kappa shape index (κ3) is 3.26. The summed E-state index contributed by atoms with van der Waals surface area (Å²) in [5, 5.41) is 4.09. The van der Waals surface area contributed by atoms with Crippen LogP contribution >= 0.6 is 11.6 Å². The van der Waals surface area contributed by atoms with Crippen LogP contribution in [0.25, 0.3) is 0 Å². The molecule has 20 heavy (non-hydrogen) atoms. The van der Waals surface area contributed by atoms with Crippen molar-refractivity contribution < 1.29 is 4.39 Å². The highest BCUT2D eigenvalue weighted by Gasteiger charge is 2.36. The number of nitrogens with one attached hydrogen (secondary N) is 1. The highest BCUT2D eigenvalue weighted by molar-refractivity contribution is 6.30. The lowest BCUT2D eigenvalue weighted by atomic mass is 9.89. The molecule has 1 aromatic carbocycles. The summed E-state index contributed by atoms with van der Waals surface area (Å²) in [4.78, 5) is 2.31. The van der Waals surface area contributed by atoms with Gasteiger partial charge in [-0.1, -0.05) is 32.4 Å². The Morgan fingerprint density at radius 2 is 2.15 bits per heavy atom. The predicted molar refractivity (Wildman–Crippen MR) is 84.1 cm³/mol. The Balaban J connectivity index is 2.36. The lowest BCUT2D eigenvalue weighted by Crippen LogP contribution is -2.64. The zero-order valence-corrected chi connectivity index (χ0v) is 13.5. The van der Waals surface area contributed by atoms with Crippen LogP contribution in [0.3, 0.4) is 0 Å². The van der Waals surface area contributed by atoms with E-state index in [0.717, 1.165) is 25.2 Å². The van der Waals surface area contributed by atoms with Gasteiger partial charge in [-0.15, -0.1) is 0 Å². The molecule has 0 aliphatic carbocycles. The first-order valence-electron chi connectivity index (χ1n) is 7.32. The van der Waals surface area contributed by atoms with Crippen LogP contribution in [0.4, 0.5) is 10.1 Å². The van der Waals surface area contributed by atoms with Gasteiger partial charge in [0.15, 0.2) is 0 Å². The number of hydrogen-bond donors (Lipinski definition) is 1. The van der Waals surface area contributed by atoms with E-state index in [2.05, 4.69) is 37.9 Å². The topological polar surface area (TPSA) is 15.3 Å². The van der Waals surface area contributed by atoms with Gasteiger partial charge >= 0.3 is 0 Å². The summed E-state index contributed by atoms with van der Waals surface area (Å²) in [5.74, 6) is 0.220. The van der Waals surface area contributed by atoms with Gasteiger partial charge in [0, 0.05) is 35.4 Å². The van der Waals surface area contributed by atoms with Crippen LogP contribution in [0.15, 0.2) is 18.2 Å². The molecule has 2 atom stereocenters. The Labute approximate surface area is 126 Å². The second-order valence-corrected chi connectivity index (χ2v) is 6.80. The van der Waals surface area contributed by atoms with Crippen LogP contribution in [-0.2, 0) is 0 Å². The van der Waals surface area contributed by atoms with E-state index in [1.807, 2.05) is 6.07 Å². The first-order chi connectivity index (χ1) is 9.34. The minimum absolute atomic E-state index is 0.0597. The first kappa shape index (κ1) is 15.6. The SMILES string of the molecule is CCC1(C)CN(c2cc(F)cc(Cl)c2)C(C(C)C)CN1. The zero-order valence-electron chi connectivity index (χ0n) is 12.7. The number of nitrogens with zero attached hydrogens (tertiary/aromatic N) is 1. The van der Waals surface area contributed by atoms with Gasteiger partial charge in [-0.25, -0.2) is 4.39 Å². The van der Waals surface area contributed by atoms with Crippen LogP contribution in [-0.4, -0.2) is 24.7 Å². The van der Waals surface area contributed by atoms with E-state index in [0.29, 0.717) is 17.0 Å². The number of halogens is 2. The Morgan fingerprint density at radius 1 is 1.45 bits per heavy atom. The maximum Gasteiger partial charge on any atom is 0.126 e. The molecule has 1 aliphatic heterocycles. The van der Waals surface area contributed by atoms with Gasteiger partial charge in [-0.05, 0) is 37.5 Å². The normalized spacial score (nSPS) is 27.1. The predicted octanol–water partition coefficient (Wildman–Crippen LogP) is 4.08. The molecule has 0 spiro atoms. The third-order valence-electron chi connectivity index (χ3n) is 4.39. The number of benzene rings is 1. The maximum absolute atomic E-state index is 13.7. The van der Waals surface area contributed by atoms with Crippen molar-refractivity contribution in [1.29, 1.82) is 0 Å². The number of hydrogen-bond acceptors (Lipinski definition) is 2. The standard InChI is InChI=1S/C16H24ClFN2/c1-5-16(4)10-20(15(9-19-16)11(2)3)14-7-12(17)6-13(18)8-14/h6-8,11,15,19H,5,9-10H2,1-4H3. The molecule has 1 aromatic rings. The van der Waals surface area contributed by atoms with Crippen molar-refractivity contribution in [3.05, 3.63) is 29.0 Å². The summed E-state index contributed by atoms with van der Waals surface area (Å²) in [6.45, 7) is 10.6. The monoisotopic (exact) mass is 298 g/mol. The molecule has 1 N–H and O–H groups in total. The molecule has 0 radical (unpaired) electrons. The van der Waals surface area contributed by atoms with E-state index < -0.39 is 0 Å². The van der Waals surface area contributed by atoms with Crippen LogP contribution in [0.1, 0.15) is 34.1 Å². The van der Waals surface area contributed by atoms with E-state index in [9.17, 15) is 4.39 Å². The van der Waals surface area contributed by atoms with Crippen LogP contribution in [0.5, 0.6) is 0 Å². The maximum atomic E-state index is 13.7. The van der Waals surface area contributed by atoms with Crippen LogP contribution in [0, 0.1) is 11.7 Å². The summed E-state index contributed by atoms with van der Waals surface area (Å²) in [7, 11) is 0. The molecule has 0 amide bonds. The van der Waals surface area contributed by atoms with Crippen molar-refractivity contribution in [3.63, 3.8) is 0 Å². The number of anilines is 1. The van der Waals surface area contributed by atoms with Gasteiger partial charge in [-0.3, -0.25) is 0 Å². The average Bonchev–Trinajstić information content (AvgIpc) is 2.37. The molecule has 1 heterocycles. The molecule has 0 saturated carbocycles. The summed E-state index contributed by atoms with van der Waals surface area (Å²) in [6, 6.07) is 5.16. The molecule has 0 aromatic heterocycles. The molecule has 1 saturated heterocycles. The molecule has 4 heteroatoms. The summed E-state index contributed by atoms with van der Waals surface area (Å²) in [5.41, 5.74) is 0.944. The highest BCUT2D eigenvalue weighted by Crippen LogP contribution is 2.30. The molecule has 1 aliphatic rings. The van der Waals surface area contributed by atoms with Crippen molar-refractivity contribution in [1.82, 2.24) is 5.32 Å². The van der Waals surface area contributed by atoms with Crippen molar-refractivity contribution in [2.75, 3.05) is 18.0 Å². The molecule has 1 fully saturated rings. The Kier molecular flexibility index (Phi) is 4.60. The fraction of sp³-hybridized carbons (Fsp3) is 0.625. The van der Waals surface area contributed by atoms with Gasteiger partial charge in [0.05, 0.1) is 0 Å². The van der Waals surface area contributed by atoms with E-state index >= 15 is 0 Å². The van der Waals surface area contributed by atoms with Gasteiger partial charge in [0.2, 0.25) is 0 Å². The molecule has 112 valence electrons. The minimum atomic E-state index is -0.272. The molecule has 2 rings (SSSR count). The quantitative estimate of drug-likeness (QED) is 0.904. The lowest BCUT2D eigenvalue weighted by Gasteiger charge is -2.48. The summed E-state index contributed by atoms with van der Waals surface area (Å²) in [6.07, 6.45) is 1.04. The Morgan fingerprint density at radius 3 is 2.70 bits per heavy atom. The van der Waals surface area contributed by atoms with Gasteiger partial charge in [-0.2, -0.15) is 0 Å². The molecule has 0 bridgehead atoms. The van der Waals surface area contributed by atoms with E-state index in [4.69, 9.17) is 11.6 Å². The zero-order chi connectivity index (χ0) is 14.9. The fourth-order valence-electron chi connectivity index (χ4n) is 2.83. The fourth-order valence-corrected chi connectivity index (χ4v) is 3.05. The van der Waals surface area contributed by atoms with Crippen molar-refractivity contribution in [2.45, 2.75) is 45.7 Å². The minimum Gasteiger partial charge on any atom is -0.365 e. The second kappa shape index (κ2) is 5.90. The van der Waals surface area contributed by atoms with Gasteiger partial charge in [0.25, 0.3) is 0 Å². The van der Waals surface area contributed by atoms with E-state index in [-0.39, 0.29) is 11.4 Å². The second-order valence-electron chi connectivity index (χ2n) is 6.36. The number of piperazine rings is 1. The van der Waals surface area contributed by atoms with Crippen molar-refractivity contribution >= 4 is 17.3 Å². The highest BCUT2D eigenvalue weighted by atomic mass is 35.5. The summed E-state index contributed by atoms with van der Waals surface area (Å²) < 4.78 is 13.7. The molecule has 2 nitrogen and oxygen atoms in total. The summed E-state index contributed by atoms with van der Waals surface area (Å²) >= 11 is 6.02. The Hall–Kier alpha value is -0.800. The van der Waals surface area contributed by atoms with E-state index in [1.165, 1.54) is 6.07 Å². The lowest BCUT2D eigenvalue weighted by molar-refractivity contribution is 0.253. The number of rotatable bonds is 3. The smallest absolute Gasteiger partial charge is 0.126 e. The molecule has 2 unspecified atom stereocenters. The Bertz CT molecular complexity index is 457. The first-order valence-corrected chi connectivity index (χ1v) is 7.70. The third-order valence-corrected chi connectivity index (χ3v) is 4.60. The molecular formula is C16H24ClFN2. The van der Waals surface area contributed by atoms with E-state index in [1.54, 1.807) is 6.07 Å². The molecular weight excluding hydrogens is 275 g/mol. The van der Waals surface area contributed by atoms with Crippen molar-refractivity contribution in [3.8, 4) is 0 Å². The van der Waals surface area contributed by atoms with Crippen molar-refractivity contribution in [2.24, 2.45) is 5.92 Å². The average molecular weight is 299 g/mol. The van der Waals surface area contributed by atoms with Crippen LogP contribution in [0.2, 0.25) is 5.02 Å². The van der Waals surface area contributed by atoms with Gasteiger partial charge in [0.1, 0.15) is 5.82 Å². The van der Waals surface area contributed by atoms with Gasteiger partial charge < -0.3 is 10.2 Å². The largest absolute Gasteiger partial charge is 0.365 e. The van der Waals surface area contributed by atoms with Crippen LogP contribution < -0.4 is 10.2 Å².